The van der Waals surface area contributed by atoms with Gasteiger partial charge in [0.05, 0.1) is 7.11 Å². The summed E-state index contributed by atoms with van der Waals surface area (Å²) in [6.07, 6.45) is 5.27. The number of nitrogens with one attached hydrogen (secondary N) is 1. The molecule has 0 saturated carbocycles. The van der Waals surface area contributed by atoms with Crippen molar-refractivity contribution in [2.45, 2.75) is 32.1 Å². The van der Waals surface area contributed by atoms with E-state index < -0.39 is 11.9 Å². The first kappa shape index (κ1) is 15.9. The van der Waals surface area contributed by atoms with Crippen LogP contribution in [0.15, 0.2) is 18.3 Å². The molecule has 0 unspecified atom stereocenters. The third kappa shape index (κ3) is 5.69. The maximum Gasteiger partial charge on any atom is 0.341 e. The predicted molar refractivity (Wildman–Crippen MR) is 74.8 cm³/mol. The lowest BCUT2D eigenvalue weighted by atomic mass is 10.1. The number of hydrogen-bond acceptors (Lipinski definition) is 5. The average Bonchev–Trinajstić information content (AvgIpc) is 2.45. The Morgan fingerprint density at radius 2 is 2.05 bits per heavy atom. The van der Waals surface area contributed by atoms with Crippen molar-refractivity contribution in [2.24, 2.45) is 0 Å². The molecule has 0 aromatic carbocycles. The highest BCUT2D eigenvalue weighted by atomic mass is 16.5. The monoisotopic (exact) mass is 280 g/mol. The van der Waals surface area contributed by atoms with Crippen molar-refractivity contribution in [1.82, 2.24) is 4.98 Å². The second-order valence-electron chi connectivity index (χ2n) is 4.38. The first-order valence-corrected chi connectivity index (χ1v) is 6.64. The number of anilines is 1. The number of methoxy groups -OCH3 is 1. The minimum atomic E-state index is -0.751. The summed E-state index contributed by atoms with van der Waals surface area (Å²) in [6, 6.07) is 3.34. The lowest BCUT2D eigenvalue weighted by Gasteiger charge is -2.09. The van der Waals surface area contributed by atoms with Crippen LogP contribution < -0.4 is 5.32 Å². The van der Waals surface area contributed by atoms with Crippen molar-refractivity contribution in [1.29, 1.82) is 0 Å². The zero-order chi connectivity index (χ0) is 14.8. The number of pyridine rings is 1. The largest absolute Gasteiger partial charge is 0.481 e. The molecule has 0 radical (unpaired) electrons. The van der Waals surface area contributed by atoms with E-state index in [4.69, 9.17) is 5.11 Å². The highest BCUT2D eigenvalue weighted by Gasteiger charge is 2.11. The lowest BCUT2D eigenvalue weighted by Crippen LogP contribution is -2.10. The number of carbonyl (C=O) groups excluding carboxylic acids is 1. The minimum Gasteiger partial charge on any atom is -0.481 e. The molecule has 1 aromatic heterocycles. The Hall–Kier alpha value is -2.11. The Kier molecular flexibility index (Phi) is 7.10. The minimum absolute atomic E-state index is 0.222. The van der Waals surface area contributed by atoms with E-state index in [0.29, 0.717) is 24.3 Å². The zero-order valence-corrected chi connectivity index (χ0v) is 11.6. The standard InChI is InChI=1S/C14H20N2O4/c1-20-14(19)11-7-6-10-16-13(11)15-9-5-3-2-4-8-12(17)18/h6-7,10H,2-5,8-9H2,1H3,(H,15,16)(H,17,18). The fourth-order valence-corrected chi connectivity index (χ4v) is 1.78. The number of nitrogens with zero attached hydrogens (tertiary/aromatic N) is 1. The van der Waals surface area contributed by atoms with Gasteiger partial charge in [-0.25, -0.2) is 9.78 Å². The molecule has 0 aliphatic carbocycles. The topological polar surface area (TPSA) is 88.5 Å². The second kappa shape index (κ2) is 8.90. The van der Waals surface area contributed by atoms with E-state index in [1.165, 1.54) is 7.11 Å². The maximum atomic E-state index is 11.5. The van der Waals surface area contributed by atoms with E-state index in [1.807, 2.05) is 0 Å². The van der Waals surface area contributed by atoms with Crippen LogP contribution in [0.2, 0.25) is 0 Å². The second-order valence-corrected chi connectivity index (χ2v) is 4.38. The molecule has 6 nitrogen and oxygen atoms in total. The highest BCUT2D eigenvalue weighted by molar-refractivity contribution is 5.94. The summed E-state index contributed by atoms with van der Waals surface area (Å²) in [4.78, 5) is 26.0. The lowest BCUT2D eigenvalue weighted by molar-refractivity contribution is -0.137. The molecule has 0 spiro atoms. The van der Waals surface area contributed by atoms with Gasteiger partial charge in [-0.2, -0.15) is 0 Å². The Morgan fingerprint density at radius 1 is 1.30 bits per heavy atom. The molecule has 1 heterocycles. The number of carbonyl (C=O) groups is 2. The molecule has 1 aromatic rings. The smallest absolute Gasteiger partial charge is 0.341 e. The van der Waals surface area contributed by atoms with Crippen LogP contribution >= 0.6 is 0 Å². The van der Waals surface area contributed by atoms with Gasteiger partial charge in [0, 0.05) is 19.2 Å². The molecule has 2 N–H and O–H groups in total. The number of aromatic nitrogens is 1. The van der Waals surface area contributed by atoms with Gasteiger partial charge in [-0.1, -0.05) is 12.8 Å². The number of hydrogen-bond donors (Lipinski definition) is 2. The Bertz CT molecular complexity index is 449. The molecule has 0 fully saturated rings. The van der Waals surface area contributed by atoms with Crippen molar-refractivity contribution in [3.8, 4) is 0 Å². The van der Waals surface area contributed by atoms with Crippen molar-refractivity contribution >= 4 is 17.8 Å². The van der Waals surface area contributed by atoms with Crippen LogP contribution in [-0.4, -0.2) is 35.7 Å². The molecular weight excluding hydrogens is 260 g/mol. The Labute approximate surface area is 118 Å². The van der Waals surface area contributed by atoms with Crippen LogP contribution in [0.5, 0.6) is 0 Å². The molecule has 6 heteroatoms. The van der Waals surface area contributed by atoms with E-state index in [-0.39, 0.29) is 6.42 Å². The van der Waals surface area contributed by atoms with Gasteiger partial charge in [0.25, 0.3) is 0 Å². The van der Waals surface area contributed by atoms with Gasteiger partial charge >= 0.3 is 11.9 Å². The third-order valence-corrected chi connectivity index (χ3v) is 2.82. The maximum absolute atomic E-state index is 11.5. The van der Waals surface area contributed by atoms with Crippen LogP contribution in [-0.2, 0) is 9.53 Å². The van der Waals surface area contributed by atoms with E-state index in [0.717, 1.165) is 19.3 Å². The fourth-order valence-electron chi connectivity index (χ4n) is 1.78. The Balaban J connectivity index is 2.28. The normalized spacial score (nSPS) is 10.1. The Morgan fingerprint density at radius 3 is 2.75 bits per heavy atom. The van der Waals surface area contributed by atoms with E-state index in [9.17, 15) is 9.59 Å². The number of carboxylic acid groups (broad SMARTS) is 1. The van der Waals surface area contributed by atoms with Crippen LogP contribution in [0, 0.1) is 0 Å². The summed E-state index contributed by atoms with van der Waals surface area (Å²) in [7, 11) is 1.33. The highest BCUT2D eigenvalue weighted by Crippen LogP contribution is 2.13. The van der Waals surface area contributed by atoms with Crippen molar-refractivity contribution in [3.05, 3.63) is 23.9 Å². The molecule has 1 rings (SSSR count). The molecule has 20 heavy (non-hydrogen) atoms. The van der Waals surface area contributed by atoms with Crippen molar-refractivity contribution in [2.75, 3.05) is 19.0 Å². The number of esters is 1. The van der Waals surface area contributed by atoms with E-state index >= 15 is 0 Å². The zero-order valence-electron chi connectivity index (χ0n) is 11.6. The van der Waals surface area contributed by atoms with Gasteiger partial charge < -0.3 is 15.2 Å². The quantitative estimate of drug-likeness (QED) is 0.533. The van der Waals surface area contributed by atoms with Gasteiger partial charge in [-0.3, -0.25) is 4.79 Å². The van der Waals surface area contributed by atoms with Crippen LogP contribution in [0.1, 0.15) is 42.5 Å². The summed E-state index contributed by atoms with van der Waals surface area (Å²) < 4.78 is 4.68. The van der Waals surface area contributed by atoms with Crippen LogP contribution in [0.4, 0.5) is 5.82 Å². The van der Waals surface area contributed by atoms with Crippen molar-refractivity contribution in [3.63, 3.8) is 0 Å². The summed E-state index contributed by atoms with van der Waals surface area (Å²) in [5.41, 5.74) is 0.417. The molecule has 0 amide bonds. The van der Waals surface area contributed by atoms with E-state index in [1.54, 1.807) is 18.3 Å². The van der Waals surface area contributed by atoms with Gasteiger partial charge in [-0.05, 0) is 25.0 Å². The summed E-state index contributed by atoms with van der Waals surface area (Å²) >= 11 is 0. The summed E-state index contributed by atoms with van der Waals surface area (Å²) in [6.45, 7) is 0.689. The molecule has 110 valence electrons. The van der Waals surface area contributed by atoms with Gasteiger partial charge in [0.15, 0.2) is 0 Å². The third-order valence-electron chi connectivity index (χ3n) is 2.82. The molecule has 0 bridgehead atoms. The first-order valence-electron chi connectivity index (χ1n) is 6.64. The number of carboxylic acids is 1. The van der Waals surface area contributed by atoms with Gasteiger partial charge in [0.2, 0.25) is 0 Å². The molecular formula is C14H20N2O4. The van der Waals surface area contributed by atoms with Crippen LogP contribution in [0.25, 0.3) is 0 Å². The molecule has 0 saturated heterocycles. The SMILES string of the molecule is COC(=O)c1cccnc1NCCCCCCC(=O)O. The molecule has 0 aliphatic rings. The number of aliphatic carboxylic acids is 1. The summed E-state index contributed by atoms with van der Waals surface area (Å²) in [5.74, 6) is -0.647. The van der Waals surface area contributed by atoms with Gasteiger partial charge in [0.1, 0.15) is 11.4 Å². The number of unbranched alkanes of at least 4 members (excludes halogenated alkanes) is 3. The number of rotatable bonds is 9. The fraction of sp³-hybridized carbons (Fsp3) is 0.500. The number of ether oxygens (including phenoxy) is 1. The molecule has 0 atom stereocenters. The molecule has 0 aliphatic heterocycles. The average molecular weight is 280 g/mol. The van der Waals surface area contributed by atoms with Crippen LogP contribution in [0.3, 0.4) is 0 Å². The van der Waals surface area contributed by atoms with Gasteiger partial charge in [-0.15, -0.1) is 0 Å². The van der Waals surface area contributed by atoms with E-state index in [2.05, 4.69) is 15.0 Å². The summed E-state index contributed by atoms with van der Waals surface area (Å²) in [5, 5.41) is 11.6. The first-order chi connectivity index (χ1) is 9.65. The van der Waals surface area contributed by atoms with Crippen molar-refractivity contribution < 1.29 is 19.4 Å². The predicted octanol–water partition coefficient (Wildman–Crippen LogP) is 2.32.